The van der Waals surface area contributed by atoms with E-state index in [0.29, 0.717) is 0 Å². The van der Waals surface area contributed by atoms with E-state index in [4.69, 9.17) is 4.74 Å². The molecule has 114 valence electrons. The summed E-state index contributed by atoms with van der Waals surface area (Å²) in [5.74, 6) is 2.50. The molecule has 1 unspecified atom stereocenters. The Morgan fingerprint density at radius 1 is 1.20 bits per heavy atom. The van der Waals surface area contributed by atoms with Crippen molar-refractivity contribution in [3.63, 3.8) is 0 Å². The third-order valence-electron chi connectivity index (χ3n) is 3.74. The number of rotatable bonds is 10. The highest BCUT2D eigenvalue weighted by Crippen LogP contribution is 2.20. The van der Waals surface area contributed by atoms with Crippen LogP contribution in [0.1, 0.15) is 45.6 Å². The van der Waals surface area contributed by atoms with Gasteiger partial charge in [0.05, 0.1) is 7.11 Å². The minimum Gasteiger partial charge on any atom is -0.497 e. The molecule has 0 amide bonds. The van der Waals surface area contributed by atoms with Crippen LogP contribution in [-0.2, 0) is 6.42 Å². The summed E-state index contributed by atoms with van der Waals surface area (Å²) in [6.45, 7) is 8.96. The highest BCUT2D eigenvalue weighted by molar-refractivity contribution is 5.28. The van der Waals surface area contributed by atoms with Gasteiger partial charge in [0.1, 0.15) is 5.75 Å². The molecule has 0 aliphatic carbocycles. The first-order valence-electron chi connectivity index (χ1n) is 7.99. The predicted molar refractivity (Wildman–Crippen MR) is 87.4 cm³/mol. The molecule has 0 aliphatic rings. The predicted octanol–water partition coefficient (Wildman–Crippen LogP) is 4.29. The summed E-state index contributed by atoms with van der Waals surface area (Å²) in [6.07, 6.45) is 5.11. The van der Waals surface area contributed by atoms with E-state index in [1.807, 2.05) is 6.07 Å². The van der Waals surface area contributed by atoms with Crippen LogP contribution < -0.4 is 10.1 Å². The molecule has 0 fully saturated rings. The van der Waals surface area contributed by atoms with Crippen molar-refractivity contribution in [1.29, 1.82) is 0 Å². The van der Waals surface area contributed by atoms with E-state index in [1.54, 1.807) is 7.11 Å². The van der Waals surface area contributed by atoms with Crippen LogP contribution in [0.2, 0.25) is 0 Å². The number of nitrogens with one attached hydrogen (secondary N) is 1. The van der Waals surface area contributed by atoms with Crippen LogP contribution in [0.15, 0.2) is 24.3 Å². The van der Waals surface area contributed by atoms with E-state index >= 15 is 0 Å². The van der Waals surface area contributed by atoms with Gasteiger partial charge in [-0.2, -0.15) is 0 Å². The smallest absolute Gasteiger partial charge is 0.119 e. The summed E-state index contributed by atoms with van der Waals surface area (Å²) < 4.78 is 5.31. The molecule has 0 radical (unpaired) electrons. The van der Waals surface area contributed by atoms with Gasteiger partial charge < -0.3 is 10.1 Å². The first-order valence-corrected chi connectivity index (χ1v) is 7.99. The molecular weight excluding hydrogens is 246 g/mol. The minimum atomic E-state index is 0.723. The van der Waals surface area contributed by atoms with E-state index in [0.717, 1.165) is 37.1 Å². The Kier molecular flexibility index (Phi) is 8.36. The zero-order valence-corrected chi connectivity index (χ0v) is 13.6. The second kappa shape index (κ2) is 9.82. The zero-order valence-electron chi connectivity index (χ0n) is 13.6. The van der Waals surface area contributed by atoms with Gasteiger partial charge in [0.15, 0.2) is 0 Å². The second-order valence-electron chi connectivity index (χ2n) is 6.05. The third kappa shape index (κ3) is 6.95. The highest BCUT2D eigenvalue weighted by Gasteiger charge is 2.10. The molecule has 20 heavy (non-hydrogen) atoms. The third-order valence-corrected chi connectivity index (χ3v) is 3.74. The highest BCUT2D eigenvalue weighted by atomic mass is 16.5. The summed E-state index contributed by atoms with van der Waals surface area (Å²) >= 11 is 0. The molecule has 0 bridgehead atoms. The lowest BCUT2D eigenvalue weighted by Crippen LogP contribution is -2.24. The molecular formula is C18H31NO. The van der Waals surface area contributed by atoms with Crippen LogP contribution >= 0.6 is 0 Å². The molecule has 2 heteroatoms. The maximum atomic E-state index is 5.31. The van der Waals surface area contributed by atoms with Crippen LogP contribution in [-0.4, -0.2) is 20.2 Å². The summed E-state index contributed by atoms with van der Waals surface area (Å²) in [4.78, 5) is 0. The average molecular weight is 277 g/mol. The SMILES string of the molecule is CCNCC(CCCC(C)C)Cc1cccc(OC)c1. The number of hydrogen-bond acceptors (Lipinski definition) is 2. The maximum Gasteiger partial charge on any atom is 0.119 e. The molecule has 0 spiro atoms. The Bertz CT molecular complexity index is 362. The van der Waals surface area contributed by atoms with Gasteiger partial charge in [-0.25, -0.2) is 0 Å². The normalized spacial score (nSPS) is 12.7. The number of benzene rings is 1. The van der Waals surface area contributed by atoms with Crippen molar-refractivity contribution in [3.05, 3.63) is 29.8 Å². The molecule has 0 aliphatic heterocycles. The first kappa shape index (κ1) is 17.0. The molecule has 0 aromatic heterocycles. The van der Waals surface area contributed by atoms with Gasteiger partial charge in [0, 0.05) is 0 Å². The van der Waals surface area contributed by atoms with Crippen molar-refractivity contribution in [2.75, 3.05) is 20.2 Å². The number of hydrogen-bond donors (Lipinski definition) is 1. The van der Waals surface area contributed by atoms with Gasteiger partial charge in [-0.15, -0.1) is 0 Å². The van der Waals surface area contributed by atoms with Crippen molar-refractivity contribution < 1.29 is 4.74 Å². The van der Waals surface area contributed by atoms with Crippen LogP contribution in [0.3, 0.4) is 0 Å². The molecule has 1 N–H and O–H groups in total. The quantitative estimate of drug-likeness (QED) is 0.689. The van der Waals surface area contributed by atoms with Crippen molar-refractivity contribution in [2.24, 2.45) is 11.8 Å². The van der Waals surface area contributed by atoms with E-state index in [2.05, 4.69) is 44.3 Å². The van der Waals surface area contributed by atoms with Crippen LogP contribution in [0, 0.1) is 11.8 Å². The molecule has 0 saturated heterocycles. The zero-order chi connectivity index (χ0) is 14.8. The summed E-state index contributed by atoms with van der Waals surface area (Å²) in [5, 5.41) is 3.50. The number of ether oxygens (including phenoxy) is 1. The first-order chi connectivity index (χ1) is 9.65. The lowest BCUT2D eigenvalue weighted by molar-refractivity contribution is 0.404. The van der Waals surface area contributed by atoms with Gasteiger partial charge in [0.25, 0.3) is 0 Å². The van der Waals surface area contributed by atoms with E-state index < -0.39 is 0 Å². The molecule has 1 atom stereocenters. The molecule has 1 aromatic carbocycles. The van der Waals surface area contributed by atoms with Gasteiger partial charge in [0.2, 0.25) is 0 Å². The van der Waals surface area contributed by atoms with Gasteiger partial charge in [-0.1, -0.05) is 45.7 Å². The summed E-state index contributed by atoms with van der Waals surface area (Å²) in [7, 11) is 1.73. The topological polar surface area (TPSA) is 21.3 Å². The molecule has 2 nitrogen and oxygen atoms in total. The van der Waals surface area contributed by atoms with Crippen molar-refractivity contribution in [1.82, 2.24) is 5.32 Å². The fourth-order valence-electron chi connectivity index (χ4n) is 2.57. The van der Waals surface area contributed by atoms with Gasteiger partial charge in [-0.3, -0.25) is 0 Å². The minimum absolute atomic E-state index is 0.723. The fraction of sp³-hybridized carbons (Fsp3) is 0.667. The van der Waals surface area contributed by atoms with Gasteiger partial charge >= 0.3 is 0 Å². The van der Waals surface area contributed by atoms with E-state index in [9.17, 15) is 0 Å². The molecule has 1 rings (SSSR count). The van der Waals surface area contributed by atoms with Crippen LogP contribution in [0.5, 0.6) is 5.75 Å². The number of methoxy groups -OCH3 is 1. The Labute approximate surface area is 124 Å². The fourth-order valence-corrected chi connectivity index (χ4v) is 2.57. The monoisotopic (exact) mass is 277 g/mol. The van der Waals surface area contributed by atoms with Crippen molar-refractivity contribution in [3.8, 4) is 5.75 Å². The lowest BCUT2D eigenvalue weighted by Gasteiger charge is -2.18. The maximum absolute atomic E-state index is 5.31. The summed E-state index contributed by atoms with van der Waals surface area (Å²) in [5.41, 5.74) is 1.39. The van der Waals surface area contributed by atoms with E-state index in [-0.39, 0.29) is 0 Å². The molecule has 1 aromatic rings. The van der Waals surface area contributed by atoms with Crippen molar-refractivity contribution >= 4 is 0 Å². The lowest BCUT2D eigenvalue weighted by atomic mass is 9.92. The van der Waals surface area contributed by atoms with Crippen LogP contribution in [0.25, 0.3) is 0 Å². The summed E-state index contributed by atoms with van der Waals surface area (Å²) in [6, 6.07) is 8.49. The second-order valence-corrected chi connectivity index (χ2v) is 6.05. The Morgan fingerprint density at radius 3 is 2.65 bits per heavy atom. The molecule has 0 saturated carbocycles. The Morgan fingerprint density at radius 2 is 2.00 bits per heavy atom. The Hall–Kier alpha value is -1.02. The van der Waals surface area contributed by atoms with Gasteiger partial charge in [-0.05, 0) is 55.5 Å². The van der Waals surface area contributed by atoms with Crippen LogP contribution in [0.4, 0.5) is 0 Å². The molecule has 0 heterocycles. The standard InChI is InChI=1S/C18H31NO/c1-5-19-14-17(10-6-8-15(2)3)12-16-9-7-11-18(13-16)20-4/h7,9,11,13,15,17,19H,5-6,8,10,12,14H2,1-4H3. The Balaban J connectivity index is 2.53. The average Bonchev–Trinajstić information content (AvgIpc) is 2.44. The largest absolute Gasteiger partial charge is 0.497 e. The van der Waals surface area contributed by atoms with Crippen molar-refractivity contribution in [2.45, 2.75) is 46.5 Å². The van der Waals surface area contributed by atoms with E-state index in [1.165, 1.54) is 24.8 Å².